The van der Waals surface area contributed by atoms with Gasteiger partial charge in [0.1, 0.15) is 5.75 Å². The molecule has 0 spiro atoms. The topological polar surface area (TPSA) is 38.3 Å². The number of rotatable bonds is 5. The molecule has 2 rings (SSSR count). The number of carbonyl (C=O) groups is 1. The third-order valence-corrected chi connectivity index (χ3v) is 3.26. The summed E-state index contributed by atoms with van der Waals surface area (Å²) < 4.78 is 6.35. The van der Waals surface area contributed by atoms with Gasteiger partial charge in [-0.05, 0) is 55.0 Å². The molecule has 0 fully saturated rings. The van der Waals surface area contributed by atoms with Gasteiger partial charge in [0.05, 0.1) is 6.61 Å². The largest absolute Gasteiger partial charge is 0.494 e. The number of carbonyl (C=O) groups excluding carboxylic acids is 1. The fourth-order valence-electron chi connectivity index (χ4n) is 1.73. The molecule has 1 N–H and O–H groups in total. The van der Waals surface area contributed by atoms with Gasteiger partial charge in [0.25, 0.3) is 0 Å². The molecule has 21 heavy (non-hydrogen) atoms. The lowest BCUT2D eigenvalue weighted by molar-refractivity contribution is -0.111. The lowest BCUT2D eigenvalue weighted by Crippen LogP contribution is -2.07. The van der Waals surface area contributed by atoms with Crippen LogP contribution in [-0.4, -0.2) is 12.5 Å². The Kier molecular flexibility index (Phi) is 5.58. The van der Waals surface area contributed by atoms with Crippen molar-refractivity contribution < 1.29 is 9.53 Å². The van der Waals surface area contributed by atoms with Gasteiger partial charge in [-0.1, -0.05) is 28.1 Å². The second kappa shape index (κ2) is 7.64. The molecule has 0 aliphatic heterocycles. The summed E-state index contributed by atoms with van der Waals surface area (Å²) in [6.07, 6.45) is 3.28. The summed E-state index contributed by atoms with van der Waals surface area (Å²) in [5, 5.41) is 2.80. The molecule has 0 bridgehead atoms. The van der Waals surface area contributed by atoms with E-state index in [0.717, 1.165) is 21.5 Å². The van der Waals surface area contributed by atoms with Gasteiger partial charge in [-0.3, -0.25) is 4.79 Å². The zero-order chi connectivity index (χ0) is 15.1. The van der Waals surface area contributed by atoms with Crippen molar-refractivity contribution in [1.82, 2.24) is 0 Å². The van der Waals surface area contributed by atoms with Crippen molar-refractivity contribution in [3.8, 4) is 5.75 Å². The SMILES string of the molecule is CCOc1ccc(/C=C/C(=O)Nc2ccc(Br)cc2)cc1. The Balaban J connectivity index is 1.93. The summed E-state index contributed by atoms with van der Waals surface area (Å²) in [6.45, 7) is 2.59. The summed E-state index contributed by atoms with van der Waals surface area (Å²) in [5.74, 6) is 0.667. The number of hydrogen-bond donors (Lipinski definition) is 1. The summed E-state index contributed by atoms with van der Waals surface area (Å²) in [4.78, 5) is 11.8. The van der Waals surface area contributed by atoms with Gasteiger partial charge in [-0.25, -0.2) is 0 Å². The molecular weight excluding hydrogens is 330 g/mol. The highest BCUT2D eigenvalue weighted by Crippen LogP contribution is 2.15. The van der Waals surface area contributed by atoms with Crippen molar-refractivity contribution in [2.45, 2.75) is 6.92 Å². The lowest BCUT2D eigenvalue weighted by atomic mass is 10.2. The first-order valence-corrected chi connectivity index (χ1v) is 7.44. The average Bonchev–Trinajstić information content (AvgIpc) is 2.49. The smallest absolute Gasteiger partial charge is 0.248 e. The Morgan fingerprint density at radius 3 is 2.43 bits per heavy atom. The first-order chi connectivity index (χ1) is 10.2. The first-order valence-electron chi connectivity index (χ1n) is 6.65. The number of anilines is 1. The maximum Gasteiger partial charge on any atom is 0.248 e. The van der Waals surface area contributed by atoms with Crippen LogP contribution < -0.4 is 10.1 Å². The number of ether oxygens (including phenoxy) is 1. The molecule has 0 atom stereocenters. The van der Waals surface area contributed by atoms with E-state index in [9.17, 15) is 4.79 Å². The lowest BCUT2D eigenvalue weighted by Gasteiger charge is -2.03. The van der Waals surface area contributed by atoms with Crippen LogP contribution in [-0.2, 0) is 4.79 Å². The first kappa shape index (κ1) is 15.3. The minimum atomic E-state index is -0.161. The Morgan fingerprint density at radius 2 is 1.81 bits per heavy atom. The summed E-state index contributed by atoms with van der Waals surface area (Å²) in [5.41, 5.74) is 1.71. The molecule has 0 saturated heterocycles. The van der Waals surface area contributed by atoms with Crippen LogP contribution in [0.2, 0.25) is 0 Å². The van der Waals surface area contributed by atoms with E-state index in [4.69, 9.17) is 4.74 Å². The molecule has 1 amide bonds. The van der Waals surface area contributed by atoms with Crippen molar-refractivity contribution in [1.29, 1.82) is 0 Å². The minimum Gasteiger partial charge on any atom is -0.494 e. The van der Waals surface area contributed by atoms with Crippen LogP contribution in [0.4, 0.5) is 5.69 Å². The van der Waals surface area contributed by atoms with Crippen molar-refractivity contribution in [3.05, 3.63) is 64.6 Å². The molecule has 0 saturated carbocycles. The van der Waals surface area contributed by atoms with Crippen LogP contribution in [0.3, 0.4) is 0 Å². The van der Waals surface area contributed by atoms with Gasteiger partial charge in [0.15, 0.2) is 0 Å². The molecule has 2 aromatic carbocycles. The van der Waals surface area contributed by atoms with E-state index in [0.29, 0.717) is 6.61 Å². The molecule has 0 heterocycles. The highest BCUT2D eigenvalue weighted by atomic mass is 79.9. The third-order valence-electron chi connectivity index (χ3n) is 2.73. The van der Waals surface area contributed by atoms with Crippen LogP contribution in [0.25, 0.3) is 6.08 Å². The van der Waals surface area contributed by atoms with E-state index in [-0.39, 0.29) is 5.91 Å². The highest BCUT2D eigenvalue weighted by Gasteiger charge is 1.98. The Morgan fingerprint density at radius 1 is 1.14 bits per heavy atom. The van der Waals surface area contributed by atoms with Gasteiger partial charge >= 0.3 is 0 Å². The average molecular weight is 346 g/mol. The molecule has 0 aliphatic rings. The fourth-order valence-corrected chi connectivity index (χ4v) is 2.00. The van der Waals surface area contributed by atoms with E-state index in [1.54, 1.807) is 6.08 Å². The van der Waals surface area contributed by atoms with Gasteiger partial charge in [-0.2, -0.15) is 0 Å². The monoisotopic (exact) mass is 345 g/mol. The molecule has 108 valence electrons. The van der Waals surface area contributed by atoms with Crippen LogP contribution in [0, 0.1) is 0 Å². The molecule has 3 nitrogen and oxygen atoms in total. The van der Waals surface area contributed by atoms with Crippen LogP contribution in [0.15, 0.2) is 59.1 Å². The van der Waals surface area contributed by atoms with Gasteiger partial charge in [-0.15, -0.1) is 0 Å². The number of amides is 1. The van der Waals surface area contributed by atoms with E-state index in [1.807, 2.05) is 55.5 Å². The number of nitrogens with one attached hydrogen (secondary N) is 1. The second-order valence-corrected chi connectivity index (χ2v) is 5.25. The molecule has 0 unspecified atom stereocenters. The Bertz CT molecular complexity index is 618. The second-order valence-electron chi connectivity index (χ2n) is 4.33. The predicted molar refractivity (Wildman–Crippen MR) is 89.4 cm³/mol. The quantitative estimate of drug-likeness (QED) is 0.810. The molecule has 0 radical (unpaired) electrons. The van der Waals surface area contributed by atoms with Crippen molar-refractivity contribution >= 4 is 33.6 Å². The number of hydrogen-bond acceptors (Lipinski definition) is 2. The summed E-state index contributed by atoms with van der Waals surface area (Å²) in [7, 11) is 0. The zero-order valence-corrected chi connectivity index (χ0v) is 13.3. The molecular formula is C17H16BrNO2. The van der Waals surface area contributed by atoms with E-state index in [1.165, 1.54) is 6.08 Å². The predicted octanol–water partition coefficient (Wildman–Crippen LogP) is 4.50. The Labute approximate surface area is 132 Å². The van der Waals surface area contributed by atoms with Crippen molar-refractivity contribution in [2.24, 2.45) is 0 Å². The maximum absolute atomic E-state index is 11.8. The van der Waals surface area contributed by atoms with E-state index in [2.05, 4.69) is 21.2 Å². The van der Waals surface area contributed by atoms with Crippen molar-refractivity contribution in [2.75, 3.05) is 11.9 Å². The van der Waals surface area contributed by atoms with E-state index < -0.39 is 0 Å². The van der Waals surface area contributed by atoms with Gasteiger partial charge < -0.3 is 10.1 Å². The molecule has 0 aliphatic carbocycles. The number of benzene rings is 2. The molecule has 2 aromatic rings. The zero-order valence-electron chi connectivity index (χ0n) is 11.7. The fraction of sp³-hybridized carbons (Fsp3) is 0.118. The third kappa shape index (κ3) is 5.08. The van der Waals surface area contributed by atoms with Gasteiger partial charge in [0, 0.05) is 16.2 Å². The minimum absolute atomic E-state index is 0.161. The summed E-state index contributed by atoms with van der Waals surface area (Å²) in [6, 6.07) is 15.0. The highest BCUT2D eigenvalue weighted by molar-refractivity contribution is 9.10. The van der Waals surface area contributed by atoms with Crippen LogP contribution in [0.5, 0.6) is 5.75 Å². The standard InChI is InChI=1S/C17H16BrNO2/c1-2-21-16-10-3-13(4-11-16)5-12-17(20)19-15-8-6-14(18)7-9-15/h3-12H,2H2,1H3,(H,19,20)/b12-5+. The van der Waals surface area contributed by atoms with Crippen LogP contribution >= 0.6 is 15.9 Å². The van der Waals surface area contributed by atoms with E-state index >= 15 is 0 Å². The molecule has 4 heteroatoms. The Hall–Kier alpha value is -2.07. The van der Waals surface area contributed by atoms with Crippen LogP contribution in [0.1, 0.15) is 12.5 Å². The normalized spacial score (nSPS) is 10.6. The number of halogens is 1. The maximum atomic E-state index is 11.8. The van der Waals surface area contributed by atoms with Crippen molar-refractivity contribution in [3.63, 3.8) is 0 Å². The molecule has 0 aromatic heterocycles. The van der Waals surface area contributed by atoms with Gasteiger partial charge in [0.2, 0.25) is 5.91 Å². The summed E-state index contributed by atoms with van der Waals surface area (Å²) >= 11 is 3.35.